The van der Waals surface area contributed by atoms with E-state index in [4.69, 9.17) is 9.52 Å². The zero-order valence-electron chi connectivity index (χ0n) is 11.4. The molecule has 0 aliphatic carbocycles. The molecular formula is C15H18N2O3. The molecule has 5 heteroatoms. The molecule has 0 spiro atoms. The number of benzene rings is 1. The number of nitrogens with one attached hydrogen (secondary N) is 1. The standard InChI is InChI=1S/C15H18N2O3/c1-11(3-2-8-18)17-15(19)13-6-4-12(5-7-13)14-9-16-10-20-14/h4-7,9-11,18H,2-3,8H2,1H3,(H,17,19). The van der Waals surface area contributed by atoms with Crippen LogP contribution >= 0.6 is 0 Å². The summed E-state index contributed by atoms with van der Waals surface area (Å²) in [5.41, 5.74) is 1.48. The van der Waals surface area contributed by atoms with E-state index in [2.05, 4.69) is 10.3 Å². The third kappa shape index (κ3) is 3.68. The average molecular weight is 274 g/mol. The summed E-state index contributed by atoms with van der Waals surface area (Å²) in [5.74, 6) is 0.563. The van der Waals surface area contributed by atoms with Crippen LogP contribution in [0.4, 0.5) is 0 Å². The fourth-order valence-electron chi connectivity index (χ4n) is 1.92. The maximum absolute atomic E-state index is 12.0. The smallest absolute Gasteiger partial charge is 0.251 e. The summed E-state index contributed by atoms with van der Waals surface area (Å²) in [7, 11) is 0. The van der Waals surface area contributed by atoms with Crippen LogP contribution in [0.5, 0.6) is 0 Å². The van der Waals surface area contributed by atoms with E-state index >= 15 is 0 Å². The first-order chi connectivity index (χ1) is 9.70. The molecule has 1 amide bonds. The SMILES string of the molecule is CC(CCCO)NC(=O)c1ccc(-c2cnco2)cc1. The van der Waals surface area contributed by atoms with E-state index in [0.717, 1.165) is 12.0 Å². The molecule has 0 aliphatic heterocycles. The number of aromatic nitrogens is 1. The van der Waals surface area contributed by atoms with Crippen molar-refractivity contribution in [2.75, 3.05) is 6.61 Å². The van der Waals surface area contributed by atoms with E-state index in [1.807, 2.05) is 19.1 Å². The van der Waals surface area contributed by atoms with E-state index in [1.54, 1.807) is 18.3 Å². The van der Waals surface area contributed by atoms with Crippen molar-refractivity contribution in [2.45, 2.75) is 25.8 Å². The quantitative estimate of drug-likeness (QED) is 0.847. The largest absolute Gasteiger partial charge is 0.444 e. The van der Waals surface area contributed by atoms with Gasteiger partial charge in [0.2, 0.25) is 0 Å². The van der Waals surface area contributed by atoms with Gasteiger partial charge in [-0.15, -0.1) is 0 Å². The first-order valence-corrected chi connectivity index (χ1v) is 6.61. The number of carbonyl (C=O) groups is 1. The summed E-state index contributed by atoms with van der Waals surface area (Å²) in [4.78, 5) is 15.9. The molecular weight excluding hydrogens is 256 g/mol. The Bertz CT molecular complexity index is 535. The first kappa shape index (κ1) is 14.3. The van der Waals surface area contributed by atoms with Crippen LogP contribution in [-0.4, -0.2) is 28.6 Å². The molecule has 106 valence electrons. The molecule has 1 atom stereocenters. The molecule has 0 aliphatic rings. The second kappa shape index (κ2) is 6.86. The summed E-state index contributed by atoms with van der Waals surface area (Å²) < 4.78 is 5.19. The predicted octanol–water partition coefficient (Wildman–Crippen LogP) is 2.23. The van der Waals surface area contributed by atoms with Gasteiger partial charge >= 0.3 is 0 Å². The highest BCUT2D eigenvalue weighted by atomic mass is 16.3. The Hall–Kier alpha value is -2.14. The van der Waals surface area contributed by atoms with Crippen LogP contribution in [0.2, 0.25) is 0 Å². The fourth-order valence-corrected chi connectivity index (χ4v) is 1.92. The van der Waals surface area contributed by atoms with Gasteiger partial charge in [0.1, 0.15) is 0 Å². The van der Waals surface area contributed by atoms with Crippen molar-refractivity contribution in [2.24, 2.45) is 0 Å². The van der Waals surface area contributed by atoms with Gasteiger partial charge in [0, 0.05) is 23.8 Å². The van der Waals surface area contributed by atoms with E-state index in [-0.39, 0.29) is 18.6 Å². The molecule has 0 bridgehead atoms. The molecule has 5 nitrogen and oxygen atoms in total. The number of aliphatic hydroxyl groups excluding tert-OH is 1. The molecule has 20 heavy (non-hydrogen) atoms. The maximum Gasteiger partial charge on any atom is 0.251 e. The summed E-state index contributed by atoms with van der Waals surface area (Å²) in [5, 5.41) is 11.7. The number of amides is 1. The van der Waals surface area contributed by atoms with Crippen LogP contribution < -0.4 is 5.32 Å². The van der Waals surface area contributed by atoms with Crippen molar-refractivity contribution in [3.05, 3.63) is 42.4 Å². The Morgan fingerprint density at radius 1 is 1.40 bits per heavy atom. The van der Waals surface area contributed by atoms with Crippen LogP contribution in [0.1, 0.15) is 30.1 Å². The van der Waals surface area contributed by atoms with Crippen LogP contribution in [-0.2, 0) is 0 Å². The lowest BCUT2D eigenvalue weighted by atomic mass is 10.1. The summed E-state index contributed by atoms with van der Waals surface area (Å²) in [6.45, 7) is 2.07. The van der Waals surface area contributed by atoms with Gasteiger partial charge in [0.15, 0.2) is 12.2 Å². The van der Waals surface area contributed by atoms with Crippen molar-refractivity contribution in [1.82, 2.24) is 10.3 Å². The lowest BCUT2D eigenvalue weighted by Gasteiger charge is -2.13. The Balaban J connectivity index is 1.97. The minimum Gasteiger partial charge on any atom is -0.444 e. The molecule has 2 rings (SSSR count). The fraction of sp³-hybridized carbons (Fsp3) is 0.333. The molecule has 0 fully saturated rings. The highest BCUT2D eigenvalue weighted by Gasteiger charge is 2.10. The van der Waals surface area contributed by atoms with Crippen molar-refractivity contribution in [1.29, 1.82) is 0 Å². The van der Waals surface area contributed by atoms with E-state index in [0.29, 0.717) is 17.7 Å². The van der Waals surface area contributed by atoms with Crippen molar-refractivity contribution in [3.63, 3.8) is 0 Å². The van der Waals surface area contributed by atoms with Gasteiger partial charge in [-0.3, -0.25) is 4.79 Å². The molecule has 0 saturated carbocycles. The molecule has 0 radical (unpaired) electrons. The molecule has 2 aromatic rings. The van der Waals surface area contributed by atoms with Crippen LogP contribution in [0.25, 0.3) is 11.3 Å². The minimum absolute atomic E-state index is 0.0450. The Morgan fingerprint density at radius 2 is 2.15 bits per heavy atom. The van der Waals surface area contributed by atoms with Gasteiger partial charge in [-0.2, -0.15) is 0 Å². The molecule has 2 N–H and O–H groups in total. The first-order valence-electron chi connectivity index (χ1n) is 6.61. The lowest BCUT2D eigenvalue weighted by molar-refractivity contribution is 0.0936. The predicted molar refractivity (Wildman–Crippen MR) is 75.2 cm³/mol. The second-order valence-electron chi connectivity index (χ2n) is 4.68. The van der Waals surface area contributed by atoms with E-state index in [9.17, 15) is 4.79 Å². The van der Waals surface area contributed by atoms with Crippen LogP contribution in [0, 0.1) is 0 Å². The zero-order chi connectivity index (χ0) is 14.4. The average Bonchev–Trinajstić information content (AvgIpc) is 2.99. The molecule has 1 aromatic heterocycles. The third-order valence-electron chi connectivity index (χ3n) is 3.04. The van der Waals surface area contributed by atoms with Gasteiger partial charge in [-0.05, 0) is 31.9 Å². The normalized spacial score (nSPS) is 12.1. The van der Waals surface area contributed by atoms with Crippen molar-refractivity contribution in [3.8, 4) is 11.3 Å². The van der Waals surface area contributed by atoms with Gasteiger partial charge in [0.05, 0.1) is 6.20 Å². The zero-order valence-corrected chi connectivity index (χ0v) is 11.4. The highest BCUT2D eigenvalue weighted by Crippen LogP contribution is 2.18. The molecule has 1 unspecified atom stereocenters. The second-order valence-corrected chi connectivity index (χ2v) is 4.68. The third-order valence-corrected chi connectivity index (χ3v) is 3.04. The van der Waals surface area contributed by atoms with Crippen LogP contribution in [0.3, 0.4) is 0 Å². The highest BCUT2D eigenvalue weighted by molar-refractivity contribution is 5.94. The number of hydrogen-bond donors (Lipinski definition) is 2. The van der Waals surface area contributed by atoms with Gasteiger partial charge < -0.3 is 14.8 Å². The number of hydrogen-bond acceptors (Lipinski definition) is 4. The lowest BCUT2D eigenvalue weighted by Crippen LogP contribution is -2.32. The van der Waals surface area contributed by atoms with E-state index < -0.39 is 0 Å². The Morgan fingerprint density at radius 3 is 2.75 bits per heavy atom. The Labute approximate surface area is 117 Å². The summed E-state index contributed by atoms with van der Waals surface area (Å²) in [6.07, 6.45) is 4.45. The number of nitrogens with zero attached hydrogens (tertiary/aromatic N) is 1. The van der Waals surface area contributed by atoms with Gasteiger partial charge in [-0.1, -0.05) is 12.1 Å². The molecule has 0 saturated heterocycles. The number of rotatable bonds is 6. The van der Waals surface area contributed by atoms with Gasteiger partial charge in [-0.25, -0.2) is 4.98 Å². The summed E-state index contributed by atoms with van der Waals surface area (Å²) in [6, 6.07) is 7.21. The monoisotopic (exact) mass is 274 g/mol. The molecule has 1 aromatic carbocycles. The topological polar surface area (TPSA) is 75.4 Å². The maximum atomic E-state index is 12.0. The van der Waals surface area contributed by atoms with Crippen molar-refractivity contribution >= 4 is 5.91 Å². The number of oxazole rings is 1. The Kier molecular flexibility index (Phi) is 4.90. The van der Waals surface area contributed by atoms with Gasteiger partial charge in [0.25, 0.3) is 5.91 Å². The summed E-state index contributed by atoms with van der Waals surface area (Å²) >= 11 is 0. The minimum atomic E-state index is -0.112. The van der Waals surface area contributed by atoms with Crippen molar-refractivity contribution < 1.29 is 14.3 Å². The van der Waals surface area contributed by atoms with E-state index in [1.165, 1.54) is 6.39 Å². The number of carbonyl (C=O) groups excluding carboxylic acids is 1. The number of aliphatic hydroxyl groups is 1. The molecule has 1 heterocycles. The van der Waals surface area contributed by atoms with Crippen LogP contribution in [0.15, 0.2) is 41.3 Å².